The van der Waals surface area contributed by atoms with Gasteiger partial charge in [-0.05, 0) is 239 Å². The van der Waals surface area contributed by atoms with Crippen molar-refractivity contribution in [2.45, 2.75) is 158 Å². The highest BCUT2D eigenvalue weighted by Crippen LogP contribution is 2.62. The number of rotatable bonds is 8. The van der Waals surface area contributed by atoms with Crippen molar-refractivity contribution in [3.8, 4) is 45.2 Å². The highest BCUT2D eigenvalue weighted by atomic mass is 28.3. The van der Waals surface area contributed by atoms with Gasteiger partial charge in [0.05, 0.1) is 0 Å². The number of benzene rings is 14. The van der Waals surface area contributed by atoms with E-state index in [0.717, 1.165) is 0 Å². The monoisotopic (exact) mass is 1070 g/mol. The van der Waals surface area contributed by atoms with Gasteiger partial charge in [0.2, 0.25) is 0 Å². The minimum absolute atomic E-state index is 0.524. The molecular formula is C78H76Si2. The van der Waals surface area contributed by atoms with Crippen molar-refractivity contribution in [1.82, 2.24) is 0 Å². The van der Waals surface area contributed by atoms with Gasteiger partial charge in [-0.25, -0.2) is 0 Å². The van der Waals surface area contributed by atoms with Crippen LogP contribution in [-0.2, 0) is 0 Å². The Hall–Kier alpha value is -6.95. The van der Waals surface area contributed by atoms with Crippen LogP contribution >= 0.6 is 0 Å². The molecule has 14 rings (SSSR count). The van der Waals surface area contributed by atoms with Gasteiger partial charge < -0.3 is 0 Å². The normalized spacial score (nSPS) is 13.3. The molecule has 0 saturated heterocycles. The summed E-state index contributed by atoms with van der Waals surface area (Å²) in [6.07, 6.45) is 0. The molecule has 0 aliphatic heterocycles. The Morgan fingerprint density at radius 2 is 0.512 bits per heavy atom. The van der Waals surface area contributed by atoms with Crippen LogP contribution in [0.2, 0.25) is 33.2 Å². The second-order valence-electron chi connectivity index (χ2n) is 27.1. The van der Waals surface area contributed by atoms with E-state index < -0.39 is 16.1 Å². The topological polar surface area (TPSA) is 0 Å². The minimum Gasteiger partial charge on any atom is -0.125 e. The molecule has 0 atom stereocenters. The highest BCUT2D eigenvalue weighted by Gasteiger charge is 2.43. The van der Waals surface area contributed by atoms with E-state index in [4.69, 9.17) is 0 Å². The van der Waals surface area contributed by atoms with Crippen LogP contribution in [0.25, 0.3) is 141 Å². The van der Waals surface area contributed by atoms with Crippen molar-refractivity contribution in [3.05, 3.63) is 142 Å². The Balaban J connectivity index is 1.32. The minimum atomic E-state index is -2.13. The van der Waals surface area contributed by atoms with Crippen molar-refractivity contribution < 1.29 is 0 Å². The molecule has 0 heterocycles. The average Bonchev–Trinajstić information content (AvgIpc) is 0.841. The number of fused-ring (bicyclic) bond motifs is 2. The maximum atomic E-state index is 4.27. The van der Waals surface area contributed by atoms with E-state index in [9.17, 15) is 0 Å². The maximum Gasteiger partial charge on any atom is 0.146 e. The zero-order valence-electron chi connectivity index (χ0n) is 50.7. The summed E-state index contributed by atoms with van der Waals surface area (Å²) in [5.74, 6) is 8.31. The first-order valence-electron chi connectivity index (χ1n) is 30.2. The van der Waals surface area contributed by atoms with Crippen LogP contribution in [-0.4, -0.2) is 16.1 Å². The summed E-state index contributed by atoms with van der Waals surface area (Å²) >= 11 is 0. The van der Waals surface area contributed by atoms with E-state index in [1.807, 2.05) is 0 Å². The third kappa shape index (κ3) is 6.31. The Morgan fingerprint density at radius 1 is 0.263 bits per heavy atom. The fourth-order valence-corrected chi connectivity index (χ4v) is 28.7. The molecule has 0 aliphatic carbocycles. The van der Waals surface area contributed by atoms with Crippen molar-refractivity contribution in [1.29, 1.82) is 0 Å². The third-order valence-corrected chi connectivity index (χ3v) is 33.6. The lowest BCUT2D eigenvalue weighted by Crippen LogP contribution is -2.43. The van der Waals surface area contributed by atoms with Gasteiger partial charge in [-0.1, -0.05) is 191 Å². The molecule has 0 N–H and O–H groups in total. The van der Waals surface area contributed by atoms with E-state index in [2.05, 4.69) is 245 Å². The molecule has 396 valence electrons. The lowest BCUT2D eigenvalue weighted by molar-refractivity contribution is 0.838. The molecule has 14 aromatic carbocycles. The van der Waals surface area contributed by atoms with Crippen molar-refractivity contribution in [2.75, 3.05) is 0 Å². The Labute approximate surface area is 476 Å². The van der Waals surface area contributed by atoms with Gasteiger partial charge >= 0.3 is 0 Å². The lowest BCUT2D eigenvalue weighted by atomic mass is 9.72. The zero-order valence-corrected chi connectivity index (χ0v) is 52.7. The highest BCUT2D eigenvalue weighted by molar-refractivity contribution is 6.91. The molecule has 0 bridgehead atoms. The van der Waals surface area contributed by atoms with Crippen molar-refractivity contribution in [2.24, 2.45) is 0 Å². The van der Waals surface area contributed by atoms with Gasteiger partial charge in [0.15, 0.2) is 0 Å². The summed E-state index contributed by atoms with van der Waals surface area (Å²) in [6.45, 7) is 43.3. The predicted molar refractivity (Wildman–Crippen MR) is 361 cm³/mol. The van der Waals surface area contributed by atoms with E-state index >= 15 is 0 Å². The summed E-state index contributed by atoms with van der Waals surface area (Å²) in [7, 11) is -4.26. The van der Waals surface area contributed by atoms with E-state index in [-0.39, 0.29) is 0 Å². The van der Waals surface area contributed by atoms with Crippen LogP contribution in [0.3, 0.4) is 0 Å². The van der Waals surface area contributed by atoms with Gasteiger partial charge in [0, 0.05) is 21.9 Å². The SMILES string of the molecule is Cc1cc(C)c(-c2c3ccc(C#C[Si](C(C)C)(C(C)C)C(C)C)c4c5ccc6ccc7c(-c8c(C)cc(C)cc8C)c8ccc(C#C[Si](C(C)C)(C(C)C)C(C)C)c9c%10ccc%11ccc2c2c%11c%10c%10c(c89)c7c6c5c%10c2c34)c(C)c1. The summed E-state index contributed by atoms with van der Waals surface area (Å²) in [4.78, 5) is 0. The molecule has 0 spiro atoms. The molecule has 0 aromatic heterocycles. The molecule has 80 heavy (non-hydrogen) atoms. The number of hydrogen-bond donors (Lipinski definition) is 0. The van der Waals surface area contributed by atoms with Gasteiger partial charge in [0.1, 0.15) is 16.1 Å². The summed E-state index contributed by atoms with van der Waals surface area (Å²) in [5, 5.41) is 30.1. The molecule has 14 aromatic rings. The van der Waals surface area contributed by atoms with E-state index in [1.54, 1.807) is 0 Å². The average molecular weight is 1070 g/mol. The Morgan fingerprint density at radius 3 is 0.812 bits per heavy atom. The van der Waals surface area contributed by atoms with Crippen LogP contribution in [0.1, 0.15) is 128 Å². The smallest absolute Gasteiger partial charge is 0.125 e. The Kier molecular flexibility index (Phi) is 11.1. The molecule has 2 heteroatoms. The van der Waals surface area contributed by atoms with Crippen LogP contribution in [0.4, 0.5) is 0 Å². The summed E-state index contributed by atoms with van der Waals surface area (Å²) in [6, 6.07) is 39.3. The fraction of sp³-hybridized carbons (Fsp3) is 0.308. The van der Waals surface area contributed by atoms with Crippen LogP contribution in [0, 0.1) is 64.5 Å². The first-order chi connectivity index (χ1) is 38.1. The van der Waals surface area contributed by atoms with Crippen LogP contribution in [0.15, 0.2) is 97.1 Å². The van der Waals surface area contributed by atoms with Crippen LogP contribution < -0.4 is 0 Å². The van der Waals surface area contributed by atoms with E-state index in [1.165, 1.54) is 185 Å². The molecule has 0 aliphatic rings. The Bertz CT molecular complexity index is 4620. The molecule has 0 nitrogen and oxygen atoms in total. The van der Waals surface area contributed by atoms with Gasteiger partial charge in [-0.2, -0.15) is 0 Å². The molecular weight excluding hydrogens is 993 g/mol. The fourth-order valence-electron chi connectivity index (χ4n) is 18.3. The maximum absolute atomic E-state index is 4.27. The molecule has 0 fully saturated rings. The van der Waals surface area contributed by atoms with Crippen LogP contribution in [0.5, 0.6) is 0 Å². The standard InChI is InChI=1S/C78H76Si2/c1-39(2)79(40(3)4,41(5)6)33-31-53-23-29-57-67(61-47(15)35-45(13)36-48(61)16)59-27-22-52-20-26-56-64-54(32-34-80(42(7)8,43(9)10)44(11)12)24-30-58-68(62-49(17)37-46(14)38-50(62)18)60-28-21-51-19-25-55-63(53)69(57)75-73(59)66(52)72(56)78-76(70(58)64)74(60)65(51)71(55)77(75)78/h19-30,35-44H,1-18H3. The first kappa shape index (κ1) is 51.2. The molecule has 0 radical (unpaired) electrons. The first-order valence-corrected chi connectivity index (χ1v) is 34.6. The van der Waals surface area contributed by atoms with Gasteiger partial charge in [0.25, 0.3) is 0 Å². The zero-order chi connectivity index (χ0) is 56.2. The number of aryl methyl sites for hydroxylation is 6. The second kappa shape index (κ2) is 17.3. The largest absolute Gasteiger partial charge is 0.146 e. The number of hydrogen-bond acceptors (Lipinski definition) is 0. The van der Waals surface area contributed by atoms with Crippen molar-refractivity contribution >= 4 is 135 Å². The molecule has 0 unspecified atom stereocenters. The lowest BCUT2D eigenvalue weighted by Gasteiger charge is -2.38. The summed E-state index contributed by atoms with van der Waals surface area (Å²) in [5.41, 5.74) is 27.4. The third-order valence-electron chi connectivity index (χ3n) is 21.1. The quantitative estimate of drug-likeness (QED) is 0.0616. The molecule has 0 saturated carbocycles. The van der Waals surface area contributed by atoms with Crippen molar-refractivity contribution in [3.63, 3.8) is 0 Å². The van der Waals surface area contributed by atoms with E-state index in [0.29, 0.717) is 33.2 Å². The summed E-state index contributed by atoms with van der Waals surface area (Å²) < 4.78 is 0. The predicted octanol–water partition coefficient (Wildman–Crippen LogP) is 23.3. The second-order valence-corrected chi connectivity index (χ2v) is 38.2. The van der Waals surface area contributed by atoms with Gasteiger partial charge in [-0.15, -0.1) is 11.1 Å². The van der Waals surface area contributed by atoms with Gasteiger partial charge in [-0.3, -0.25) is 0 Å². The molecule has 0 amide bonds.